The second-order valence-corrected chi connectivity index (χ2v) is 6.45. The summed E-state index contributed by atoms with van der Waals surface area (Å²) in [5.74, 6) is 0. The molecule has 1 rings (SSSR count). The van der Waals surface area contributed by atoms with E-state index >= 15 is 0 Å². The first-order chi connectivity index (χ1) is 7.86. The molecule has 0 saturated heterocycles. The molecule has 1 unspecified atom stereocenters. The number of ether oxygens (including phenoxy) is 1. The van der Waals surface area contributed by atoms with E-state index in [-0.39, 0.29) is 10.9 Å². The average molecular weight is 322 g/mol. The minimum Gasteiger partial charge on any atom is -0.383 e. The summed E-state index contributed by atoms with van der Waals surface area (Å²) < 4.78 is 32.1. The van der Waals surface area contributed by atoms with Gasteiger partial charge >= 0.3 is 0 Å². The third-order valence-electron chi connectivity index (χ3n) is 2.15. The Morgan fingerprint density at radius 3 is 2.65 bits per heavy atom. The van der Waals surface area contributed by atoms with E-state index in [9.17, 15) is 8.42 Å². The topological polar surface area (TPSA) is 55.4 Å². The number of hydrogen-bond donors (Lipinski definition) is 1. The molecule has 1 aromatic rings. The number of hydrogen-bond acceptors (Lipinski definition) is 3. The Balaban J connectivity index is 2.97. The van der Waals surface area contributed by atoms with Gasteiger partial charge in [-0.3, -0.25) is 0 Å². The normalized spacial score (nSPS) is 13.6. The van der Waals surface area contributed by atoms with Crippen molar-refractivity contribution in [2.75, 3.05) is 13.7 Å². The van der Waals surface area contributed by atoms with Crippen LogP contribution in [0.3, 0.4) is 0 Å². The van der Waals surface area contributed by atoms with Gasteiger partial charge in [0.2, 0.25) is 10.0 Å². The fraction of sp³-hybridized carbons (Fsp3) is 0.455. The summed E-state index contributed by atoms with van der Waals surface area (Å²) in [7, 11) is -1.97. The van der Waals surface area contributed by atoms with Crippen LogP contribution in [0.25, 0.3) is 0 Å². The van der Waals surface area contributed by atoms with Crippen LogP contribution in [0.4, 0.5) is 0 Å². The van der Waals surface area contributed by atoms with Crippen molar-refractivity contribution in [1.82, 2.24) is 4.72 Å². The molecule has 0 heterocycles. The predicted molar refractivity (Wildman–Crippen MR) is 70.5 cm³/mol. The standard InChI is InChI=1S/C11H16BrNO3S/c1-8-4-5-11(10(12)6-8)17(14,15)13-9(2)7-16-3/h4-6,9,13H,7H2,1-3H3. The molecule has 0 aliphatic carbocycles. The van der Waals surface area contributed by atoms with E-state index in [1.54, 1.807) is 25.1 Å². The van der Waals surface area contributed by atoms with E-state index in [2.05, 4.69) is 20.7 Å². The van der Waals surface area contributed by atoms with Gasteiger partial charge in [0.05, 0.1) is 11.5 Å². The number of benzene rings is 1. The van der Waals surface area contributed by atoms with Gasteiger partial charge in [-0.25, -0.2) is 13.1 Å². The van der Waals surface area contributed by atoms with Gasteiger partial charge in [0.25, 0.3) is 0 Å². The van der Waals surface area contributed by atoms with Gasteiger partial charge < -0.3 is 4.74 Å². The van der Waals surface area contributed by atoms with Crippen LogP contribution in [-0.4, -0.2) is 28.2 Å². The molecule has 6 heteroatoms. The molecule has 96 valence electrons. The Morgan fingerprint density at radius 1 is 1.47 bits per heavy atom. The first-order valence-electron chi connectivity index (χ1n) is 5.14. The van der Waals surface area contributed by atoms with E-state index < -0.39 is 10.0 Å². The number of halogens is 1. The molecule has 0 bridgehead atoms. The Bertz CT molecular complexity index is 487. The van der Waals surface area contributed by atoms with Crippen LogP contribution in [0.15, 0.2) is 27.6 Å². The van der Waals surface area contributed by atoms with Crippen LogP contribution in [0.5, 0.6) is 0 Å². The second-order valence-electron chi connectivity index (χ2n) is 3.91. The highest BCUT2D eigenvalue weighted by Crippen LogP contribution is 2.23. The van der Waals surface area contributed by atoms with E-state index in [1.165, 1.54) is 7.11 Å². The molecule has 0 fully saturated rings. The third-order valence-corrected chi connectivity index (χ3v) is 4.72. The van der Waals surface area contributed by atoms with Crippen LogP contribution in [-0.2, 0) is 14.8 Å². The van der Waals surface area contributed by atoms with Crippen LogP contribution < -0.4 is 4.72 Å². The van der Waals surface area contributed by atoms with E-state index in [0.29, 0.717) is 11.1 Å². The maximum Gasteiger partial charge on any atom is 0.242 e. The Hall–Kier alpha value is -0.430. The summed E-state index contributed by atoms with van der Waals surface area (Å²) in [6, 6.07) is 4.86. The van der Waals surface area contributed by atoms with Crippen molar-refractivity contribution in [2.45, 2.75) is 24.8 Å². The summed E-state index contributed by atoms with van der Waals surface area (Å²) in [6.45, 7) is 3.99. The number of aryl methyl sites for hydroxylation is 1. The molecule has 17 heavy (non-hydrogen) atoms. The zero-order valence-corrected chi connectivity index (χ0v) is 12.4. The molecule has 0 aromatic heterocycles. The van der Waals surface area contributed by atoms with Gasteiger partial charge in [0.1, 0.15) is 0 Å². The van der Waals surface area contributed by atoms with Gasteiger partial charge in [-0.15, -0.1) is 0 Å². The fourth-order valence-electron chi connectivity index (χ4n) is 1.44. The van der Waals surface area contributed by atoms with Crippen LogP contribution in [0.2, 0.25) is 0 Å². The summed E-state index contributed by atoms with van der Waals surface area (Å²) in [5, 5.41) is 0. The lowest BCUT2D eigenvalue weighted by Gasteiger charge is -2.14. The molecule has 0 radical (unpaired) electrons. The second kappa shape index (κ2) is 5.95. The number of methoxy groups -OCH3 is 1. The summed E-state index contributed by atoms with van der Waals surface area (Å²) in [6.07, 6.45) is 0. The lowest BCUT2D eigenvalue weighted by molar-refractivity contribution is 0.180. The van der Waals surface area contributed by atoms with Crippen molar-refractivity contribution < 1.29 is 13.2 Å². The van der Waals surface area contributed by atoms with Crippen molar-refractivity contribution in [1.29, 1.82) is 0 Å². The van der Waals surface area contributed by atoms with Crippen molar-refractivity contribution in [3.63, 3.8) is 0 Å². The Labute approximate surface area is 111 Å². The monoisotopic (exact) mass is 321 g/mol. The first-order valence-corrected chi connectivity index (χ1v) is 7.42. The zero-order valence-electron chi connectivity index (χ0n) is 10.0. The molecule has 0 amide bonds. The van der Waals surface area contributed by atoms with Gasteiger partial charge in [-0.2, -0.15) is 0 Å². The number of nitrogens with one attached hydrogen (secondary N) is 1. The maximum atomic E-state index is 12.1. The number of sulfonamides is 1. The molecule has 0 aliphatic heterocycles. The highest BCUT2D eigenvalue weighted by Gasteiger charge is 2.19. The summed E-state index contributed by atoms with van der Waals surface area (Å²) >= 11 is 3.26. The molecule has 1 N–H and O–H groups in total. The zero-order chi connectivity index (χ0) is 13.1. The Kier molecular flexibility index (Phi) is 5.12. The molecule has 0 aliphatic rings. The van der Waals surface area contributed by atoms with Crippen molar-refractivity contribution in [3.05, 3.63) is 28.2 Å². The maximum absolute atomic E-state index is 12.1. The minimum atomic E-state index is -3.51. The van der Waals surface area contributed by atoms with E-state index in [0.717, 1.165) is 5.56 Å². The SMILES string of the molecule is COCC(C)NS(=O)(=O)c1ccc(C)cc1Br. The lowest BCUT2D eigenvalue weighted by Crippen LogP contribution is -2.35. The van der Waals surface area contributed by atoms with Crippen molar-refractivity contribution in [3.8, 4) is 0 Å². The van der Waals surface area contributed by atoms with Gasteiger partial charge in [0, 0.05) is 17.6 Å². The van der Waals surface area contributed by atoms with Crippen LogP contribution in [0.1, 0.15) is 12.5 Å². The molecular weight excluding hydrogens is 306 g/mol. The van der Waals surface area contributed by atoms with Crippen molar-refractivity contribution in [2.24, 2.45) is 0 Å². The highest BCUT2D eigenvalue weighted by atomic mass is 79.9. The minimum absolute atomic E-state index is 0.242. The average Bonchev–Trinajstić information content (AvgIpc) is 2.15. The predicted octanol–water partition coefficient (Wildman–Crippen LogP) is 2.07. The van der Waals surface area contributed by atoms with Crippen molar-refractivity contribution >= 4 is 26.0 Å². The molecule has 1 aromatic carbocycles. The van der Waals surface area contributed by atoms with Gasteiger partial charge in [0.15, 0.2) is 0 Å². The van der Waals surface area contributed by atoms with Gasteiger partial charge in [-0.05, 0) is 47.5 Å². The molecular formula is C11H16BrNO3S. The Morgan fingerprint density at radius 2 is 2.12 bits per heavy atom. The smallest absolute Gasteiger partial charge is 0.242 e. The largest absolute Gasteiger partial charge is 0.383 e. The van der Waals surface area contributed by atoms with Crippen LogP contribution in [0, 0.1) is 6.92 Å². The van der Waals surface area contributed by atoms with E-state index in [4.69, 9.17) is 4.74 Å². The quantitative estimate of drug-likeness (QED) is 0.903. The molecule has 4 nitrogen and oxygen atoms in total. The number of rotatable bonds is 5. The molecule has 0 spiro atoms. The fourth-order valence-corrected chi connectivity index (χ4v) is 3.86. The molecule has 0 saturated carbocycles. The van der Waals surface area contributed by atoms with Crippen LogP contribution >= 0.6 is 15.9 Å². The summed E-state index contributed by atoms with van der Waals surface area (Å²) in [5.41, 5.74) is 1.00. The summed E-state index contributed by atoms with van der Waals surface area (Å²) in [4.78, 5) is 0.242. The highest BCUT2D eigenvalue weighted by molar-refractivity contribution is 9.10. The molecule has 1 atom stereocenters. The third kappa shape index (κ3) is 4.06. The van der Waals surface area contributed by atoms with Gasteiger partial charge in [-0.1, -0.05) is 6.07 Å². The lowest BCUT2D eigenvalue weighted by atomic mass is 10.2. The van der Waals surface area contributed by atoms with E-state index in [1.807, 2.05) is 6.92 Å². The first kappa shape index (κ1) is 14.6.